The zero-order chi connectivity index (χ0) is 14.4. The normalized spacial score (nSPS) is 10.6. The van der Waals surface area contributed by atoms with E-state index in [1.165, 1.54) is 15.4 Å². The summed E-state index contributed by atoms with van der Waals surface area (Å²) in [5.74, 6) is 0.884. The van der Waals surface area contributed by atoms with Crippen molar-refractivity contribution in [2.45, 2.75) is 23.3 Å². The van der Waals surface area contributed by atoms with Gasteiger partial charge in [-0.25, -0.2) is 0 Å². The van der Waals surface area contributed by atoms with E-state index in [-0.39, 0.29) is 0 Å². The van der Waals surface area contributed by atoms with Gasteiger partial charge in [0.05, 0.1) is 7.11 Å². The van der Waals surface area contributed by atoms with E-state index in [1.807, 2.05) is 18.2 Å². The van der Waals surface area contributed by atoms with Crippen LogP contribution in [-0.2, 0) is 6.54 Å². The molecule has 0 aliphatic rings. The summed E-state index contributed by atoms with van der Waals surface area (Å²) in [7, 11) is 1.69. The maximum Gasteiger partial charge on any atom is 0.119 e. The first-order valence-corrected chi connectivity index (χ1v) is 8.15. The Labute approximate surface area is 133 Å². The second-order valence-electron chi connectivity index (χ2n) is 4.33. The van der Waals surface area contributed by atoms with Crippen LogP contribution in [0.2, 0.25) is 0 Å². The zero-order valence-electron chi connectivity index (χ0n) is 11.7. The molecule has 0 radical (unpaired) electrons. The third kappa shape index (κ3) is 4.27. The lowest BCUT2D eigenvalue weighted by atomic mass is 10.2. The maximum absolute atomic E-state index is 5.25. The van der Waals surface area contributed by atoms with Gasteiger partial charge in [-0.15, -0.1) is 0 Å². The number of ether oxygens (including phenoxy) is 1. The molecular formula is C16H18BrNOS. The summed E-state index contributed by atoms with van der Waals surface area (Å²) in [4.78, 5) is 2.38. The fourth-order valence-electron chi connectivity index (χ4n) is 1.80. The van der Waals surface area contributed by atoms with Gasteiger partial charge in [-0.1, -0.05) is 30.8 Å². The predicted molar refractivity (Wildman–Crippen MR) is 88.6 cm³/mol. The summed E-state index contributed by atoms with van der Waals surface area (Å²) in [5.41, 5.74) is 1.29. The third-order valence-electron chi connectivity index (χ3n) is 2.84. The molecule has 106 valence electrons. The van der Waals surface area contributed by atoms with Crippen LogP contribution in [0.4, 0.5) is 0 Å². The van der Waals surface area contributed by atoms with Crippen LogP contribution >= 0.6 is 27.7 Å². The van der Waals surface area contributed by atoms with Gasteiger partial charge in [0.2, 0.25) is 0 Å². The van der Waals surface area contributed by atoms with Crippen molar-refractivity contribution in [2.24, 2.45) is 0 Å². The van der Waals surface area contributed by atoms with E-state index in [4.69, 9.17) is 4.74 Å². The molecule has 20 heavy (non-hydrogen) atoms. The molecule has 0 aliphatic carbocycles. The average molecular weight is 352 g/mol. The van der Waals surface area contributed by atoms with Crippen molar-refractivity contribution in [1.82, 2.24) is 5.32 Å². The lowest BCUT2D eigenvalue weighted by Gasteiger charge is -2.08. The monoisotopic (exact) mass is 351 g/mol. The second kappa shape index (κ2) is 7.72. The van der Waals surface area contributed by atoms with Gasteiger partial charge in [0.25, 0.3) is 0 Å². The number of rotatable bonds is 6. The highest BCUT2D eigenvalue weighted by Gasteiger charge is 2.05. The average Bonchev–Trinajstić information content (AvgIpc) is 2.48. The summed E-state index contributed by atoms with van der Waals surface area (Å²) < 4.78 is 6.38. The summed E-state index contributed by atoms with van der Waals surface area (Å²) in [5, 5.41) is 3.33. The Hall–Kier alpha value is -0.970. The molecule has 1 N–H and O–H groups in total. The molecule has 0 aliphatic heterocycles. The standard InChI is InChI=1S/C16H18BrNOS/c1-3-18-11-12-7-8-16(15(17)9-12)20-14-6-4-5-13(10-14)19-2/h4-10,18H,3,11H2,1-2H3. The van der Waals surface area contributed by atoms with Crippen LogP contribution in [0, 0.1) is 0 Å². The molecule has 0 unspecified atom stereocenters. The first-order chi connectivity index (χ1) is 9.72. The molecule has 0 amide bonds. The molecule has 4 heteroatoms. The minimum absolute atomic E-state index is 0.884. The van der Waals surface area contributed by atoms with E-state index in [1.54, 1.807) is 18.9 Å². The summed E-state index contributed by atoms with van der Waals surface area (Å²) in [6.45, 7) is 4.00. The molecule has 2 nitrogen and oxygen atoms in total. The number of nitrogens with one attached hydrogen (secondary N) is 1. The van der Waals surface area contributed by atoms with E-state index in [2.05, 4.69) is 52.4 Å². The minimum Gasteiger partial charge on any atom is -0.497 e. The first-order valence-electron chi connectivity index (χ1n) is 6.54. The number of hydrogen-bond acceptors (Lipinski definition) is 3. The molecule has 0 bridgehead atoms. The Bertz CT molecular complexity index is 574. The van der Waals surface area contributed by atoms with Gasteiger partial charge in [0, 0.05) is 20.8 Å². The molecule has 0 heterocycles. The van der Waals surface area contributed by atoms with Gasteiger partial charge in [-0.05, 0) is 58.4 Å². The van der Waals surface area contributed by atoms with Crippen LogP contribution in [0.3, 0.4) is 0 Å². The van der Waals surface area contributed by atoms with Crippen LogP contribution < -0.4 is 10.1 Å². The van der Waals surface area contributed by atoms with Crippen molar-refractivity contribution in [3.63, 3.8) is 0 Å². The lowest BCUT2D eigenvalue weighted by Crippen LogP contribution is -2.11. The third-order valence-corrected chi connectivity index (χ3v) is 4.83. The van der Waals surface area contributed by atoms with E-state index in [9.17, 15) is 0 Å². The quantitative estimate of drug-likeness (QED) is 0.813. The van der Waals surface area contributed by atoms with E-state index in [0.717, 1.165) is 23.3 Å². The lowest BCUT2D eigenvalue weighted by molar-refractivity contribution is 0.413. The second-order valence-corrected chi connectivity index (χ2v) is 6.30. The minimum atomic E-state index is 0.884. The van der Waals surface area contributed by atoms with Crippen molar-refractivity contribution in [1.29, 1.82) is 0 Å². The highest BCUT2D eigenvalue weighted by Crippen LogP contribution is 2.35. The molecule has 2 rings (SSSR count). The van der Waals surface area contributed by atoms with Crippen LogP contribution in [0.5, 0.6) is 5.75 Å². The van der Waals surface area contributed by atoms with Crippen LogP contribution in [0.15, 0.2) is 56.7 Å². The fourth-order valence-corrected chi connectivity index (χ4v) is 3.34. The molecule has 0 atom stereocenters. The Balaban J connectivity index is 2.12. The molecule has 0 fully saturated rings. The number of halogens is 1. The van der Waals surface area contributed by atoms with Gasteiger partial charge in [-0.2, -0.15) is 0 Å². The molecule has 2 aromatic carbocycles. The zero-order valence-corrected chi connectivity index (χ0v) is 14.1. The van der Waals surface area contributed by atoms with Gasteiger partial charge in [0.1, 0.15) is 5.75 Å². The van der Waals surface area contributed by atoms with Gasteiger partial charge < -0.3 is 10.1 Å². The summed E-state index contributed by atoms with van der Waals surface area (Å²) >= 11 is 5.38. The summed E-state index contributed by atoms with van der Waals surface area (Å²) in [6, 6.07) is 14.6. The first kappa shape index (κ1) is 15.4. The molecule has 0 aromatic heterocycles. The van der Waals surface area contributed by atoms with Crippen LogP contribution in [-0.4, -0.2) is 13.7 Å². The number of benzene rings is 2. The Morgan fingerprint density at radius 2 is 2.05 bits per heavy atom. The van der Waals surface area contributed by atoms with Crippen molar-refractivity contribution in [2.75, 3.05) is 13.7 Å². The van der Waals surface area contributed by atoms with E-state index >= 15 is 0 Å². The van der Waals surface area contributed by atoms with Gasteiger partial charge in [-0.3, -0.25) is 0 Å². The Kier molecular flexibility index (Phi) is 5.95. The predicted octanol–water partition coefficient (Wildman–Crippen LogP) is 4.72. The number of methoxy groups -OCH3 is 1. The molecular weight excluding hydrogens is 334 g/mol. The van der Waals surface area contributed by atoms with Crippen molar-refractivity contribution in [3.05, 3.63) is 52.5 Å². The number of hydrogen-bond donors (Lipinski definition) is 1. The van der Waals surface area contributed by atoms with Crippen LogP contribution in [0.25, 0.3) is 0 Å². The fraction of sp³-hybridized carbons (Fsp3) is 0.250. The largest absolute Gasteiger partial charge is 0.497 e. The topological polar surface area (TPSA) is 21.3 Å². The molecule has 0 spiro atoms. The van der Waals surface area contributed by atoms with Crippen molar-refractivity contribution < 1.29 is 4.74 Å². The summed E-state index contributed by atoms with van der Waals surface area (Å²) in [6.07, 6.45) is 0. The van der Waals surface area contributed by atoms with Crippen molar-refractivity contribution in [3.8, 4) is 5.75 Å². The van der Waals surface area contributed by atoms with E-state index < -0.39 is 0 Å². The highest BCUT2D eigenvalue weighted by atomic mass is 79.9. The van der Waals surface area contributed by atoms with Gasteiger partial charge >= 0.3 is 0 Å². The Morgan fingerprint density at radius 3 is 2.75 bits per heavy atom. The Morgan fingerprint density at radius 1 is 1.20 bits per heavy atom. The smallest absolute Gasteiger partial charge is 0.119 e. The van der Waals surface area contributed by atoms with E-state index in [0.29, 0.717) is 0 Å². The molecule has 0 saturated heterocycles. The molecule has 0 saturated carbocycles. The SMILES string of the molecule is CCNCc1ccc(Sc2cccc(OC)c2)c(Br)c1. The van der Waals surface area contributed by atoms with Gasteiger partial charge in [0.15, 0.2) is 0 Å². The van der Waals surface area contributed by atoms with Crippen LogP contribution in [0.1, 0.15) is 12.5 Å². The molecule has 2 aromatic rings. The maximum atomic E-state index is 5.25. The van der Waals surface area contributed by atoms with Crippen molar-refractivity contribution >= 4 is 27.7 Å². The highest BCUT2D eigenvalue weighted by molar-refractivity contribution is 9.10.